The molecule has 0 aromatic heterocycles. The molecule has 19 heavy (non-hydrogen) atoms. The summed E-state index contributed by atoms with van der Waals surface area (Å²) in [6, 6.07) is 10.6. The molecule has 0 radical (unpaired) electrons. The highest BCUT2D eigenvalue weighted by molar-refractivity contribution is 5.14. The zero-order valence-corrected chi connectivity index (χ0v) is 12.2. The molecule has 0 fully saturated rings. The lowest BCUT2D eigenvalue weighted by molar-refractivity contribution is 0.0640. The van der Waals surface area contributed by atoms with Gasteiger partial charge in [-0.05, 0) is 38.3 Å². The van der Waals surface area contributed by atoms with Crippen molar-refractivity contribution in [1.82, 2.24) is 5.32 Å². The first-order valence-corrected chi connectivity index (χ1v) is 7.18. The van der Waals surface area contributed by atoms with Gasteiger partial charge in [-0.25, -0.2) is 0 Å². The molecular formula is C16H27NO2. The van der Waals surface area contributed by atoms with E-state index in [9.17, 15) is 0 Å². The molecule has 0 saturated heterocycles. The molecule has 108 valence electrons. The number of ether oxygens (including phenoxy) is 2. The van der Waals surface area contributed by atoms with Crippen LogP contribution in [0.3, 0.4) is 0 Å². The van der Waals surface area contributed by atoms with Gasteiger partial charge in [0.1, 0.15) is 0 Å². The third kappa shape index (κ3) is 8.76. The van der Waals surface area contributed by atoms with Crippen LogP contribution in [0.2, 0.25) is 0 Å². The lowest BCUT2D eigenvalue weighted by atomic mass is 10.1. The van der Waals surface area contributed by atoms with Crippen molar-refractivity contribution in [2.24, 2.45) is 0 Å². The zero-order valence-electron chi connectivity index (χ0n) is 12.2. The van der Waals surface area contributed by atoms with Crippen molar-refractivity contribution in [3.63, 3.8) is 0 Å². The molecule has 0 saturated carbocycles. The Labute approximate surface area is 117 Å². The molecule has 3 nitrogen and oxygen atoms in total. The molecular weight excluding hydrogens is 238 g/mol. The third-order valence-electron chi connectivity index (χ3n) is 2.99. The lowest BCUT2D eigenvalue weighted by Gasteiger charge is -2.14. The Balaban J connectivity index is 1.94. The van der Waals surface area contributed by atoms with Crippen LogP contribution in [0.25, 0.3) is 0 Å². The minimum atomic E-state index is 0.276. The summed E-state index contributed by atoms with van der Waals surface area (Å²) in [5.41, 5.74) is 1.39. The second-order valence-corrected chi connectivity index (χ2v) is 4.82. The van der Waals surface area contributed by atoms with E-state index in [1.54, 1.807) is 7.11 Å². The largest absolute Gasteiger partial charge is 0.385 e. The molecule has 0 bridgehead atoms. The second-order valence-electron chi connectivity index (χ2n) is 4.82. The first kappa shape index (κ1) is 16.2. The van der Waals surface area contributed by atoms with E-state index in [1.807, 2.05) is 0 Å². The maximum absolute atomic E-state index is 5.78. The van der Waals surface area contributed by atoms with Gasteiger partial charge in [-0.1, -0.05) is 30.3 Å². The molecule has 0 aliphatic heterocycles. The number of hydrogen-bond acceptors (Lipinski definition) is 3. The molecule has 1 N–H and O–H groups in total. The fourth-order valence-electron chi connectivity index (χ4n) is 1.91. The Kier molecular flexibility index (Phi) is 9.33. The number of hydrogen-bond donors (Lipinski definition) is 1. The molecule has 1 aromatic rings. The quantitative estimate of drug-likeness (QED) is 0.624. The van der Waals surface area contributed by atoms with Crippen molar-refractivity contribution >= 4 is 0 Å². The SMILES string of the molecule is COCCCNCC(C)OCCCc1ccccc1. The van der Waals surface area contributed by atoms with E-state index in [1.165, 1.54) is 5.56 Å². The Morgan fingerprint density at radius 3 is 2.63 bits per heavy atom. The average molecular weight is 265 g/mol. The lowest BCUT2D eigenvalue weighted by Crippen LogP contribution is -2.28. The predicted molar refractivity (Wildman–Crippen MR) is 79.5 cm³/mol. The topological polar surface area (TPSA) is 30.5 Å². The summed E-state index contributed by atoms with van der Waals surface area (Å²) in [7, 11) is 1.73. The highest BCUT2D eigenvalue weighted by atomic mass is 16.5. The van der Waals surface area contributed by atoms with Gasteiger partial charge >= 0.3 is 0 Å². The summed E-state index contributed by atoms with van der Waals surface area (Å²) in [4.78, 5) is 0. The average Bonchev–Trinajstić information content (AvgIpc) is 2.44. The first-order chi connectivity index (χ1) is 9.33. The highest BCUT2D eigenvalue weighted by Gasteiger charge is 2.01. The fourth-order valence-corrected chi connectivity index (χ4v) is 1.91. The summed E-state index contributed by atoms with van der Waals surface area (Å²) in [5, 5.41) is 3.37. The second kappa shape index (κ2) is 11.0. The first-order valence-electron chi connectivity index (χ1n) is 7.18. The highest BCUT2D eigenvalue weighted by Crippen LogP contribution is 2.03. The van der Waals surface area contributed by atoms with Crippen LogP contribution in [0.15, 0.2) is 30.3 Å². The van der Waals surface area contributed by atoms with Gasteiger partial charge in [-0.15, -0.1) is 0 Å². The summed E-state index contributed by atoms with van der Waals surface area (Å²) in [6.45, 7) is 5.67. The third-order valence-corrected chi connectivity index (χ3v) is 2.99. The smallest absolute Gasteiger partial charge is 0.0671 e. The maximum atomic E-state index is 5.78. The Morgan fingerprint density at radius 1 is 1.11 bits per heavy atom. The van der Waals surface area contributed by atoms with Gasteiger partial charge in [0.25, 0.3) is 0 Å². The van der Waals surface area contributed by atoms with Gasteiger partial charge in [-0.3, -0.25) is 0 Å². The summed E-state index contributed by atoms with van der Waals surface area (Å²) >= 11 is 0. The van der Waals surface area contributed by atoms with E-state index >= 15 is 0 Å². The Morgan fingerprint density at radius 2 is 1.89 bits per heavy atom. The molecule has 1 rings (SSSR count). The van der Waals surface area contributed by atoms with Crippen LogP contribution < -0.4 is 5.32 Å². The van der Waals surface area contributed by atoms with Crippen molar-refractivity contribution in [1.29, 1.82) is 0 Å². The van der Waals surface area contributed by atoms with Crippen LogP contribution in [0, 0.1) is 0 Å². The fraction of sp³-hybridized carbons (Fsp3) is 0.625. The van der Waals surface area contributed by atoms with Gasteiger partial charge in [0.15, 0.2) is 0 Å². The molecule has 0 spiro atoms. The van der Waals surface area contributed by atoms with E-state index < -0.39 is 0 Å². The molecule has 0 amide bonds. The molecule has 0 aliphatic rings. The minimum Gasteiger partial charge on any atom is -0.385 e. The zero-order chi connectivity index (χ0) is 13.8. The summed E-state index contributed by atoms with van der Waals surface area (Å²) < 4.78 is 10.8. The monoisotopic (exact) mass is 265 g/mol. The van der Waals surface area contributed by atoms with Gasteiger partial charge < -0.3 is 14.8 Å². The number of methoxy groups -OCH3 is 1. The molecule has 1 aromatic carbocycles. The van der Waals surface area contributed by atoms with E-state index in [2.05, 4.69) is 42.6 Å². The molecule has 1 unspecified atom stereocenters. The van der Waals surface area contributed by atoms with Crippen molar-refractivity contribution < 1.29 is 9.47 Å². The standard InChI is InChI=1S/C16H27NO2/c1-15(14-17-11-7-12-18-2)19-13-6-10-16-8-4-3-5-9-16/h3-5,8-9,15,17H,6-7,10-14H2,1-2H3. The van der Waals surface area contributed by atoms with Gasteiger partial charge in [-0.2, -0.15) is 0 Å². The Bertz CT molecular complexity index is 303. The van der Waals surface area contributed by atoms with Gasteiger partial charge in [0, 0.05) is 26.9 Å². The van der Waals surface area contributed by atoms with Crippen LogP contribution in [-0.2, 0) is 15.9 Å². The van der Waals surface area contributed by atoms with Gasteiger partial charge in [0.05, 0.1) is 6.10 Å². The van der Waals surface area contributed by atoms with Crippen molar-refractivity contribution in [2.75, 3.05) is 33.4 Å². The van der Waals surface area contributed by atoms with Crippen LogP contribution in [-0.4, -0.2) is 39.5 Å². The van der Waals surface area contributed by atoms with Gasteiger partial charge in [0.2, 0.25) is 0 Å². The molecule has 0 aliphatic carbocycles. The molecule has 3 heteroatoms. The van der Waals surface area contributed by atoms with E-state index in [0.717, 1.165) is 45.6 Å². The Hall–Kier alpha value is -0.900. The molecule has 1 atom stereocenters. The predicted octanol–water partition coefficient (Wildman–Crippen LogP) is 2.65. The van der Waals surface area contributed by atoms with E-state index in [-0.39, 0.29) is 6.10 Å². The molecule has 0 heterocycles. The number of rotatable bonds is 11. The summed E-state index contributed by atoms with van der Waals surface area (Å²) in [6.07, 6.45) is 3.50. The van der Waals surface area contributed by atoms with Crippen LogP contribution >= 0.6 is 0 Å². The number of benzene rings is 1. The normalized spacial score (nSPS) is 12.5. The van der Waals surface area contributed by atoms with Crippen molar-refractivity contribution in [2.45, 2.75) is 32.3 Å². The van der Waals surface area contributed by atoms with Crippen molar-refractivity contribution in [3.8, 4) is 0 Å². The van der Waals surface area contributed by atoms with Crippen LogP contribution in [0.4, 0.5) is 0 Å². The number of nitrogens with one attached hydrogen (secondary N) is 1. The summed E-state index contributed by atoms with van der Waals surface area (Å²) in [5.74, 6) is 0. The van der Waals surface area contributed by atoms with Crippen LogP contribution in [0.1, 0.15) is 25.3 Å². The van der Waals surface area contributed by atoms with E-state index in [4.69, 9.17) is 9.47 Å². The van der Waals surface area contributed by atoms with Crippen LogP contribution in [0.5, 0.6) is 0 Å². The van der Waals surface area contributed by atoms with Crippen molar-refractivity contribution in [3.05, 3.63) is 35.9 Å². The maximum Gasteiger partial charge on any atom is 0.0671 e. The minimum absolute atomic E-state index is 0.276. The van der Waals surface area contributed by atoms with E-state index in [0.29, 0.717) is 0 Å². The number of aryl methyl sites for hydroxylation is 1.